The van der Waals surface area contributed by atoms with Crippen molar-refractivity contribution in [1.29, 1.82) is 5.41 Å². The summed E-state index contributed by atoms with van der Waals surface area (Å²) in [6, 6.07) is 8.56. The van der Waals surface area contributed by atoms with Crippen molar-refractivity contribution in [3.63, 3.8) is 0 Å². The van der Waals surface area contributed by atoms with Crippen molar-refractivity contribution in [3.05, 3.63) is 73.8 Å². The smallest absolute Gasteiger partial charge is 0.186 e. The third-order valence-corrected chi connectivity index (χ3v) is 7.03. The molecule has 1 saturated heterocycles. The normalized spacial score (nSPS) is 18.4. The van der Waals surface area contributed by atoms with Gasteiger partial charge in [-0.25, -0.2) is 4.98 Å². The molecule has 0 bridgehead atoms. The molecule has 28 heavy (non-hydrogen) atoms. The lowest BCUT2D eigenvalue weighted by atomic mass is 10.1. The van der Waals surface area contributed by atoms with Crippen molar-refractivity contribution < 1.29 is 4.79 Å². The minimum atomic E-state index is -0.542. The summed E-state index contributed by atoms with van der Waals surface area (Å²) in [5, 5.41) is 11.2. The van der Waals surface area contributed by atoms with E-state index in [0.717, 1.165) is 22.6 Å². The molecule has 0 spiro atoms. The first kappa shape index (κ1) is 18.9. The number of thioether (sulfide) groups is 1. The van der Waals surface area contributed by atoms with E-state index in [9.17, 15) is 4.79 Å². The van der Waals surface area contributed by atoms with Gasteiger partial charge in [-0.15, -0.1) is 11.3 Å². The van der Waals surface area contributed by atoms with E-state index in [-0.39, 0.29) is 5.78 Å². The summed E-state index contributed by atoms with van der Waals surface area (Å²) >= 11 is 2.68. The zero-order valence-corrected chi connectivity index (χ0v) is 17.9. The number of nitrogens with zero attached hydrogens (tertiary/aromatic N) is 2. The number of aryl methyl sites for hydroxylation is 3. The fourth-order valence-electron chi connectivity index (χ4n) is 3.53. The minimum Gasteiger partial charge on any atom is -0.318 e. The Kier molecular flexibility index (Phi) is 4.85. The van der Waals surface area contributed by atoms with Crippen LogP contribution in [0.5, 0.6) is 0 Å². The molecule has 1 aliphatic rings. The van der Waals surface area contributed by atoms with Crippen LogP contribution in [-0.4, -0.2) is 20.4 Å². The highest BCUT2D eigenvalue weighted by atomic mass is 32.2. The first-order valence-electron chi connectivity index (χ1n) is 9.05. The quantitative estimate of drug-likeness (QED) is 0.576. The van der Waals surface area contributed by atoms with Crippen molar-refractivity contribution in [2.45, 2.75) is 33.6 Å². The molecule has 4 rings (SSSR count). The Morgan fingerprint density at radius 3 is 2.61 bits per heavy atom. The van der Waals surface area contributed by atoms with Crippen molar-refractivity contribution in [2.75, 3.05) is 0 Å². The standard InChI is InChI=1S/C22H21N3OS2/c1-12-5-6-17(9-13(12)2)25-14(3)10-16(15(25)4)11-18-20(26)19(21(23)28-18)22-24-7-8-27-22/h5-11,19,23H,1-4H3/b18-11-,23-21?/t19-/m1/s1. The topological polar surface area (TPSA) is 58.7 Å². The fraction of sp³-hybridized carbons (Fsp3) is 0.227. The maximum Gasteiger partial charge on any atom is 0.186 e. The molecule has 3 heterocycles. The second kappa shape index (κ2) is 7.18. The van der Waals surface area contributed by atoms with Gasteiger partial charge < -0.3 is 4.57 Å². The highest BCUT2D eigenvalue weighted by molar-refractivity contribution is 8.19. The molecule has 1 atom stereocenters. The van der Waals surface area contributed by atoms with Gasteiger partial charge in [0.2, 0.25) is 0 Å². The Hall–Kier alpha value is -2.44. The van der Waals surface area contributed by atoms with Gasteiger partial charge in [0.05, 0.1) is 9.95 Å². The molecular weight excluding hydrogens is 386 g/mol. The second-order valence-electron chi connectivity index (χ2n) is 7.07. The summed E-state index contributed by atoms with van der Waals surface area (Å²) in [5.74, 6) is -0.569. The van der Waals surface area contributed by atoms with Crippen LogP contribution in [0.4, 0.5) is 0 Å². The van der Waals surface area contributed by atoms with Crippen LogP contribution in [0.15, 0.2) is 40.7 Å². The molecule has 0 radical (unpaired) electrons. The Bertz CT molecular complexity index is 1120. The van der Waals surface area contributed by atoms with E-state index in [1.807, 2.05) is 11.5 Å². The minimum absolute atomic E-state index is 0.0269. The largest absolute Gasteiger partial charge is 0.318 e. The monoisotopic (exact) mass is 407 g/mol. The SMILES string of the molecule is Cc1ccc(-n2c(C)cc(/C=C3\SC(=N)[C@H](c4nccs4)C3=O)c2C)cc1C. The fourth-order valence-corrected chi connectivity index (χ4v) is 5.32. The molecule has 1 fully saturated rings. The number of nitrogens with one attached hydrogen (secondary N) is 1. The average molecular weight is 408 g/mol. The van der Waals surface area contributed by atoms with Crippen LogP contribution in [0.1, 0.15) is 39.0 Å². The van der Waals surface area contributed by atoms with E-state index in [4.69, 9.17) is 5.41 Å². The van der Waals surface area contributed by atoms with E-state index >= 15 is 0 Å². The van der Waals surface area contributed by atoms with Gasteiger partial charge in [-0.1, -0.05) is 17.8 Å². The third kappa shape index (κ3) is 3.16. The van der Waals surface area contributed by atoms with E-state index in [1.165, 1.54) is 34.2 Å². The van der Waals surface area contributed by atoms with Crippen LogP contribution in [0.3, 0.4) is 0 Å². The predicted molar refractivity (Wildman–Crippen MR) is 118 cm³/mol. The van der Waals surface area contributed by atoms with Crippen LogP contribution in [-0.2, 0) is 4.79 Å². The third-order valence-electron chi connectivity index (χ3n) is 5.19. The number of Topliss-reactive ketones (excluding diaryl/α,β-unsaturated/α-hetero) is 1. The highest BCUT2D eigenvalue weighted by Crippen LogP contribution is 2.41. The van der Waals surface area contributed by atoms with Crippen LogP contribution >= 0.6 is 23.1 Å². The molecule has 2 aromatic heterocycles. The van der Waals surface area contributed by atoms with Gasteiger partial charge in [-0.05, 0) is 68.7 Å². The number of carbonyl (C=O) groups is 1. The van der Waals surface area contributed by atoms with E-state index in [2.05, 4.69) is 61.5 Å². The van der Waals surface area contributed by atoms with Crippen molar-refractivity contribution in [2.24, 2.45) is 0 Å². The van der Waals surface area contributed by atoms with Gasteiger partial charge in [0, 0.05) is 28.7 Å². The van der Waals surface area contributed by atoms with Crippen LogP contribution in [0, 0.1) is 33.1 Å². The van der Waals surface area contributed by atoms with Crippen molar-refractivity contribution >= 4 is 40.0 Å². The molecule has 1 aromatic carbocycles. The maximum atomic E-state index is 12.9. The lowest BCUT2D eigenvalue weighted by Gasteiger charge is -2.11. The Labute approximate surface area is 172 Å². The number of thiazole rings is 1. The zero-order valence-electron chi connectivity index (χ0n) is 16.2. The molecular formula is C22H21N3OS2. The number of aromatic nitrogens is 2. The molecule has 0 saturated carbocycles. The number of hydrogen-bond acceptors (Lipinski definition) is 5. The highest BCUT2D eigenvalue weighted by Gasteiger charge is 2.38. The first-order chi connectivity index (χ1) is 13.4. The second-order valence-corrected chi connectivity index (χ2v) is 9.08. The molecule has 1 N–H and O–H groups in total. The summed E-state index contributed by atoms with van der Waals surface area (Å²) < 4.78 is 2.21. The molecule has 4 nitrogen and oxygen atoms in total. The van der Waals surface area contributed by atoms with Crippen LogP contribution < -0.4 is 0 Å². The van der Waals surface area contributed by atoms with Crippen molar-refractivity contribution in [1.82, 2.24) is 9.55 Å². The van der Waals surface area contributed by atoms with Gasteiger partial charge in [-0.3, -0.25) is 10.2 Å². The van der Waals surface area contributed by atoms with Gasteiger partial charge in [0.25, 0.3) is 0 Å². The molecule has 142 valence electrons. The molecule has 1 aliphatic heterocycles. The van der Waals surface area contributed by atoms with Gasteiger partial charge >= 0.3 is 0 Å². The molecule has 6 heteroatoms. The summed E-state index contributed by atoms with van der Waals surface area (Å²) in [6.07, 6.45) is 3.61. The maximum absolute atomic E-state index is 12.9. The van der Waals surface area contributed by atoms with Crippen LogP contribution in [0.2, 0.25) is 0 Å². The molecule has 0 aliphatic carbocycles. The summed E-state index contributed by atoms with van der Waals surface area (Å²) in [6.45, 7) is 8.38. The number of ketones is 1. The first-order valence-corrected chi connectivity index (χ1v) is 10.7. The van der Waals surface area contributed by atoms with Crippen molar-refractivity contribution in [3.8, 4) is 5.69 Å². The van der Waals surface area contributed by atoms with Gasteiger partial charge in [0.15, 0.2) is 5.78 Å². The zero-order chi connectivity index (χ0) is 20.0. The van der Waals surface area contributed by atoms with E-state index < -0.39 is 5.92 Å². The Morgan fingerprint density at radius 1 is 1.14 bits per heavy atom. The summed E-state index contributed by atoms with van der Waals surface area (Å²) in [5.41, 5.74) is 6.88. The summed E-state index contributed by atoms with van der Waals surface area (Å²) in [4.78, 5) is 17.8. The van der Waals surface area contributed by atoms with E-state index in [1.54, 1.807) is 6.20 Å². The lowest BCUT2D eigenvalue weighted by molar-refractivity contribution is -0.114. The molecule has 3 aromatic rings. The lowest BCUT2D eigenvalue weighted by Crippen LogP contribution is -2.11. The number of hydrogen-bond donors (Lipinski definition) is 1. The molecule has 0 amide bonds. The average Bonchev–Trinajstić information content (AvgIpc) is 3.32. The van der Waals surface area contributed by atoms with Crippen LogP contribution in [0.25, 0.3) is 11.8 Å². The Morgan fingerprint density at radius 2 is 1.93 bits per heavy atom. The molecule has 0 unspecified atom stereocenters. The number of benzene rings is 1. The Balaban J connectivity index is 1.72. The van der Waals surface area contributed by atoms with Gasteiger partial charge in [-0.2, -0.15) is 0 Å². The predicted octanol–water partition coefficient (Wildman–Crippen LogP) is 5.59. The summed E-state index contributed by atoms with van der Waals surface area (Å²) in [7, 11) is 0. The van der Waals surface area contributed by atoms with E-state index in [0.29, 0.717) is 15.0 Å². The van der Waals surface area contributed by atoms with Gasteiger partial charge in [0.1, 0.15) is 10.9 Å². The number of rotatable bonds is 3. The number of carbonyl (C=O) groups excluding carboxylic acids is 1. The number of allylic oxidation sites excluding steroid dienone is 1.